The molecule has 1 fully saturated rings. The second-order valence-electron chi connectivity index (χ2n) is 13.0. The number of carbonyl (C=O) groups is 1. The van der Waals surface area contributed by atoms with Crippen LogP contribution in [0.5, 0.6) is 0 Å². The predicted octanol–water partition coefficient (Wildman–Crippen LogP) is 7.56. The summed E-state index contributed by atoms with van der Waals surface area (Å²) in [7, 11) is 0. The van der Waals surface area contributed by atoms with Crippen molar-refractivity contribution in [3.05, 3.63) is 162 Å². The fraction of sp³-hybridized carbons (Fsp3) is 0.190. The van der Waals surface area contributed by atoms with E-state index in [9.17, 15) is 9.90 Å². The summed E-state index contributed by atoms with van der Waals surface area (Å²) in [6.07, 6.45) is 2.42. The topological polar surface area (TPSA) is 111 Å². The number of ether oxygens (including phenoxy) is 2. The lowest BCUT2D eigenvalue weighted by atomic mass is 9.90. The minimum absolute atomic E-state index is 0.00612. The van der Waals surface area contributed by atoms with Gasteiger partial charge in [0.05, 0.1) is 60.0 Å². The van der Waals surface area contributed by atoms with E-state index in [1.54, 1.807) is 0 Å². The number of rotatable bonds is 9. The third-order valence-corrected chi connectivity index (χ3v) is 9.60. The Morgan fingerprint density at radius 1 is 0.765 bits per heavy atom. The number of aromatic nitrogens is 4. The van der Waals surface area contributed by atoms with Gasteiger partial charge in [0.1, 0.15) is 5.69 Å². The van der Waals surface area contributed by atoms with Crippen LogP contribution in [0.15, 0.2) is 134 Å². The molecule has 0 radical (unpaired) electrons. The van der Waals surface area contributed by atoms with Crippen LogP contribution < -0.4 is 5.32 Å². The van der Waals surface area contributed by atoms with Crippen LogP contribution in [0.25, 0.3) is 33.2 Å². The first-order valence-electron chi connectivity index (χ1n) is 17.1. The van der Waals surface area contributed by atoms with Gasteiger partial charge < -0.3 is 24.5 Å². The number of aliphatic hydroxyl groups excluding tert-OH is 1. The normalized spacial score (nSPS) is 18.9. The van der Waals surface area contributed by atoms with Crippen molar-refractivity contribution in [3.8, 4) is 11.1 Å². The van der Waals surface area contributed by atoms with Crippen molar-refractivity contribution in [2.45, 2.75) is 45.1 Å². The third kappa shape index (κ3) is 6.87. The summed E-state index contributed by atoms with van der Waals surface area (Å²) in [5.74, 6) is -0.231. The fourth-order valence-corrected chi connectivity index (χ4v) is 6.71. The Kier molecular flexibility index (Phi) is 9.07. The highest BCUT2D eigenvalue weighted by atomic mass is 16.7. The van der Waals surface area contributed by atoms with Crippen LogP contribution >= 0.6 is 0 Å². The van der Waals surface area contributed by atoms with Crippen LogP contribution in [-0.2, 0) is 29.2 Å². The molecule has 1 amide bonds. The molecule has 1 saturated heterocycles. The Hall–Kier alpha value is -5.74. The third-order valence-electron chi connectivity index (χ3n) is 9.60. The monoisotopic (exact) mass is 675 g/mol. The zero-order valence-electron chi connectivity index (χ0n) is 28.1. The first-order chi connectivity index (χ1) is 25.0. The summed E-state index contributed by atoms with van der Waals surface area (Å²) < 4.78 is 15.6. The molecule has 0 bridgehead atoms. The fourth-order valence-electron chi connectivity index (χ4n) is 6.71. The van der Waals surface area contributed by atoms with Crippen molar-refractivity contribution in [2.24, 2.45) is 5.92 Å². The van der Waals surface area contributed by atoms with Gasteiger partial charge in [0.15, 0.2) is 6.29 Å². The van der Waals surface area contributed by atoms with Crippen LogP contribution in [0, 0.1) is 5.92 Å². The zero-order chi connectivity index (χ0) is 34.7. The molecule has 1 aliphatic rings. The van der Waals surface area contributed by atoms with Crippen LogP contribution in [0.2, 0.25) is 0 Å². The number of imidazole rings is 1. The molecule has 0 unspecified atom stereocenters. The quantitative estimate of drug-likeness (QED) is 0.162. The van der Waals surface area contributed by atoms with Crippen LogP contribution in [-0.4, -0.2) is 36.6 Å². The lowest BCUT2D eigenvalue weighted by molar-refractivity contribution is -0.276. The zero-order valence-corrected chi connectivity index (χ0v) is 28.1. The second-order valence-corrected chi connectivity index (χ2v) is 13.0. The first kappa shape index (κ1) is 32.5. The van der Waals surface area contributed by atoms with Gasteiger partial charge in [-0.25, -0.2) is 9.97 Å². The summed E-state index contributed by atoms with van der Waals surface area (Å²) in [6, 6.07) is 39.9. The van der Waals surface area contributed by atoms with E-state index in [0.717, 1.165) is 49.9 Å². The molecule has 7 aromatic rings. The van der Waals surface area contributed by atoms with Gasteiger partial charge in [-0.3, -0.25) is 9.78 Å². The number of nitrogens with zero attached hydrogens (tertiary/aromatic N) is 4. The highest BCUT2D eigenvalue weighted by Crippen LogP contribution is 2.42. The van der Waals surface area contributed by atoms with E-state index in [4.69, 9.17) is 9.47 Å². The van der Waals surface area contributed by atoms with E-state index in [0.29, 0.717) is 18.6 Å². The minimum atomic E-state index is -0.586. The number of benzene rings is 5. The van der Waals surface area contributed by atoms with Crippen LogP contribution in [0.4, 0.5) is 0 Å². The van der Waals surface area contributed by atoms with Crippen molar-refractivity contribution in [1.29, 1.82) is 0 Å². The number of para-hydroxylation sites is 4. The molecule has 2 aromatic heterocycles. The number of fused-ring (bicyclic) bond motifs is 2. The number of aliphatic hydroxyl groups is 1. The molecule has 8 rings (SSSR count). The highest BCUT2D eigenvalue weighted by molar-refractivity contribution is 5.93. The highest BCUT2D eigenvalue weighted by Gasteiger charge is 2.38. The van der Waals surface area contributed by atoms with Crippen molar-refractivity contribution in [2.75, 3.05) is 0 Å². The molecular weight excluding hydrogens is 638 g/mol. The summed E-state index contributed by atoms with van der Waals surface area (Å²) >= 11 is 0. The van der Waals surface area contributed by atoms with Crippen molar-refractivity contribution < 1.29 is 19.4 Å². The molecule has 3 heterocycles. The lowest BCUT2D eigenvalue weighted by Gasteiger charge is -2.41. The van der Waals surface area contributed by atoms with Gasteiger partial charge in [0.25, 0.3) is 5.91 Å². The van der Waals surface area contributed by atoms with E-state index < -0.39 is 6.29 Å². The number of amides is 1. The Balaban J connectivity index is 0.998. The molecule has 9 nitrogen and oxygen atoms in total. The smallest absolute Gasteiger partial charge is 0.271 e. The summed E-state index contributed by atoms with van der Waals surface area (Å²) in [5.41, 5.74) is 9.59. The maximum Gasteiger partial charge on any atom is 0.271 e. The molecular formula is C42H37N5O4. The van der Waals surface area contributed by atoms with Gasteiger partial charge in [-0.05, 0) is 58.1 Å². The summed E-state index contributed by atoms with van der Waals surface area (Å²) in [4.78, 5) is 26.3. The molecule has 51 heavy (non-hydrogen) atoms. The first-order valence-corrected chi connectivity index (χ1v) is 17.1. The van der Waals surface area contributed by atoms with Crippen molar-refractivity contribution in [1.82, 2.24) is 24.8 Å². The molecule has 1 aliphatic heterocycles. The summed E-state index contributed by atoms with van der Waals surface area (Å²) in [5, 5.41) is 12.6. The lowest BCUT2D eigenvalue weighted by Crippen LogP contribution is -2.39. The number of hydrogen-bond donors (Lipinski definition) is 2. The predicted molar refractivity (Wildman–Crippen MR) is 195 cm³/mol. The summed E-state index contributed by atoms with van der Waals surface area (Å²) in [6.45, 7) is 3.14. The van der Waals surface area contributed by atoms with Gasteiger partial charge >= 0.3 is 0 Å². The molecule has 254 valence electrons. The standard InChI is InChI=1S/C42H37N5O4/c1-27-39(24-47-26-45-36-11-4-5-12-38(36)47)50-42(51-40(27)31-15-13-28(25-48)14-16-31)32-19-17-30(18-20-32)33-8-6-7-29(21-33)22-44-41(49)37-23-43-34-9-2-3-10-35(34)46-37/h2-21,23,26-27,39-40,42,48H,22,24-25H2,1H3,(H,44,49)/t27-,39+,40+,42+/m1/s1. The Bertz CT molecular complexity index is 2300. The minimum Gasteiger partial charge on any atom is -0.392 e. The van der Waals surface area contributed by atoms with Crippen LogP contribution in [0.1, 0.15) is 52.1 Å². The van der Waals surface area contributed by atoms with Gasteiger partial charge in [0, 0.05) is 18.0 Å². The van der Waals surface area contributed by atoms with Gasteiger partial charge in [-0.2, -0.15) is 0 Å². The average molecular weight is 676 g/mol. The second kappa shape index (κ2) is 14.2. The van der Waals surface area contributed by atoms with Crippen LogP contribution in [0.3, 0.4) is 0 Å². The molecule has 9 heteroatoms. The number of hydrogen-bond acceptors (Lipinski definition) is 7. The number of nitrogens with one attached hydrogen (secondary N) is 1. The Morgan fingerprint density at radius 3 is 2.31 bits per heavy atom. The molecule has 0 aliphatic carbocycles. The van der Waals surface area contributed by atoms with E-state index >= 15 is 0 Å². The maximum atomic E-state index is 12.9. The van der Waals surface area contributed by atoms with Crippen molar-refractivity contribution >= 4 is 28.0 Å². The van der Waals surface area contributed by atoms with Gasteiger partial charge in [0.2, 0.25) is 0 Å². The maximum absolute atomic E-state index is 12.9. The average Bonchev–Trinajstić information content (AvgIpc) is 3.60. The SMILES string of the molecule is C[C@@H]1[C@H](Cn2cnc3ccccc32)O[C@H](c2ccc(-c3cccc(CNC(=O)c4cnc5ccccc5n4)c3)cc2)O[C@@H]1c1ccc(CO)cc1. The van der Waals surface area contributed by atoms with E-state index in [1.165, 1.54) is 6.20 Å². The van der Waals surface area contributed by atoms with Crippen molar-refractivity contribution in [3.63, 3.8) is 0 Å². The molecule has 2 N–H and O–H groups in total. The largest absolute Gasteiger partial charge is 0.392 e. The van der Waals surface area contributed by atoms with E-state index in [1.807, 2.05) is 85.2 Å². The Morgan fingerprint density at radius 2 is 1.51 bits per heavy atom. The van der Waals surface area contributed by atoms with Gasteiger partial charge in [-0.1, -0.05) is 97.9 Å². The molecule has 4 atom stereocenters. The number of carbonyl (C=O) groups excluding carboxylic acids is 1. The molecule has 0 saturated carbocycles. The van der Waals surface area contributed by atoms with E-state index in [2.05, 4.69) is 74.2 Å². The van der Waals surface area contributed by atoms with Gasteiger partial charge in [-0.15, -0.1) is 0 Å². The molecule has 5 aromatic carbocycles. The molecule has 0 spiro atoms. The Labute approximate surface area is 295 Å². The van der Waals surface area contributed by atoms with E-state index in [-0.39, 0.29) is 36.3 Å².